The minimum absolute atomic E-state index is 0.343. The molecule has 19 heavy (non-hydrogen) atoms. The summed E-state index contributed by atoms with van der Waals surface area (Å²) in [5.74, 6) is 6.60. The van der Waals surface area contributed by atoms with E-state index < -0.39 is 0 Å². The van der Waals surface area contributed by atoms with Crippen LogP contribution >= 0.6 is 15.9 Å². The van der Waals surface area contributed by atoms with Crippen molar-refractivity contribution < 1.29 is 0 Å². The van der Waals surface area contributed by atoms with Crippen LogP contribution in [-0.4, -0.2) is 11.0 Å². The van der Waals surface area contributed by atoms with Crippen LogP contribution in [0.2, 0.25) is 0 Å². The van der Waals surface area contributed by atoms with E-state index >= 15 is 0 Å². The molecule has 1 aromatic rings. The first-order valence-electron chi connectivity index (χ1n) is 7.34. The average Bonchev–Trinajstić information content (AvgIpc) is 2.46. The van der Waals surface area contributed by atoms with Crippen LogP contribution in [0.5, 0.6) is 0 Å². The third-order valence-electron chi connectivity index (χ3n) is 4.13. The second-order valence-corrected chi connectivity index (χ2v) is 6.53. The Balaban J connectivity index is 1.77. The van der Waals surface area contributed by atoms with Crippen molar-refractivity contribution in [1.82, 2.24) is 10.4 Å². The molecule has 3 N–H and O–H groups in total. The molecule has 1 unspecified atom stereocenters. The minimum atomic E-state index is 0.343. The zero-order valence-corrected chi connectivity index (χ0v) is 13.0. The first-order chi connectivity index (χ1) is 9.28. The van der Waals surface area contributed by atoms with E-state index in [1.54, 1.807) is 0 Å². The van der Waals surface area contributed by atoms with Gasteiger partial charge in [0.1, 0.15) is 0 Å². The molecule has 3 nitrogen and oxygen atoms in total. The van der Waals surface area contributed by atoms with Gasteiger partial charge in [-0.2, -0.15) is 0 Å². The number of aromatic nitrogens is 1. The van der Waals surface area contributed by atoms with E-state index in [1.165, 1.54) is 38.5 Å². The Hall–Kier alpha value is -0.450. The van der Waals surface area contributed by atoms with Crippen LogP contribution in [0.15, 0.2) is 22.8 Å². The van der Waals surface area contributed by atoms with E-state index in [9.17, 15) is 0 Å². The lowest BCUT2D eigenvalue weighted by atomic mass is 9.85. The van der Waals surface area contributed by atoms with E-state index in [1.807, 2.05) is 12.3 Å². The molecule has 106 valence electrons. The van der Waals surface area contributed by atoms with Gasteiger partial charge in [0.05, 0.1) is 0 Å². The van der Waals surface area contributed by atoms with Gasteiger partial charge in [-0.3, -0.25) is 16.3 Å². The van der Waals surface area contributed by atoms with E-state index in [0.717, 1.165) is 28.9 Å². The molecule has 1 saturated carbocycles. The zero-order chi connectivity index (χ0) is 13.5. The molecular weight excluding hydrogens is 302 g/mol. The maximum atomic E-state index is 5.68. The molecule has 1 fully saturated rings. The molecule has 1 heterocycles. The summed E-state index contributed by atoms with van der Waals surface area (Å²) in [4.78, 5) is 4.42. The summed E-state index contributed by atoms with van der Waals surface area (Å²) in [7, 11) is 0. The van der Waals surface area contributed by atoms with Crippen molar-refractivity contribution in [3.8, 4) is 0 Å². The van der Waals surface area contributed by atoms with Gasteiger partial charge < -0.3 is 0 Å². The van der Waals surface area contributed by atoms with Crippen molar-refractivity contribution in [1.29, 1.82) is 0 Å². The average molecular weight is 326 g/mol. The van der Waals surface area contributed by atoms with Crippen molar-refractivity contribution >= 4 is 15.9 Å². The Labute approximate surface area is 124 Å². The van der Waals surface area contributed by atoms with Crippen LogP contribution in [0.3, 0.4) is 0 Å². The summed E-state index contributed by atoms with van der Waals surface area (Å²) in [6, 6.07) is 4.45. The molecule has 0 aromatic carbocycles. The van der Waals surface area contributed by atoms with Crippen molar-refractivity contribution in [2.45, 2.75) is 57.4 Å². The number of hydrogen-bond acceptors (Lipinski definition) is 3. The third kappa shape index (κ3) is 5.21. The first kappa shape index (κ1) is 14.9. The third-order valence-corrected chi connectivity index (χ3v) is 4.60. The predicted molar refractivity (Wildman–Crippen MR) is 82.6 cm³/mol. The molecular formula is C15H24BrN3. The molecule has 4 heteroatoms. The lowest BCUT2D eigenvalue weighted by molar-refractivity contribution is 0.312. The van der Waals surface area contributed by atoms with E-state index in [0.29, 0.717) is 6.04 Å². The SMILES string of the molecule is NNC(CCC1CCCCC1)Cc1ccc(Br)cn1. The van der Waals surface area contributed by atoms with Crippen LogP contribution in [0.25, 0.3) is 0 Å². The van der Waals surface area contributed by atoms with Crippen molar-refractivity contribution in [3.05, 3.63) is 28.5 Å². The Morgan fingerprint density at radius 2 is 2.11 bits per heavy atom. The second kappa shape index (κ2) is 7.98. The number of rotatable bonds is 6. The lowest BCUT2D eigenvalue weighted by Gasteiger charge is -2.24. The number of nitrogens with one attached hydrogen (secondary N) is 1. The molecule has 0 spiro atoms. The van der Waals surface area contributed by atoms with Gasteiger partial charge in [-0.05, 0) is 46.8 Å². The smallest absolute Gasteiger partial charge is 0.0420 e. The number of hydrazine groups is 1. The Bertz CT molecular complexity index is 360. The fourth-order valence-electron chi connectivity index (χ4n) is 2.94. The summed E-state index contributed by atoms with van der Waals surface area (Å²) in [6.45, 7) is 0. The molecule has 0 amide bonds. The maximum Gasteiger partial charge on any atom is 0.0420 e. The second-order valence-electron chi connectivity index (χ2n) is 5.62. The van der Waals surface area contributed by atoms with E-state index in [2.05, 4.69) is 32.4 Å². The molecule has 1 aliphatic rings. The maximum absolute atomic E-state index is 5.68. The zero-order valence-electron chi connectivity index (χ0n) is 11.4. The van der Waals surface area contributed by atoms with Gasteiger partial charge in [0, 0.05) is 28.8 Å². The molecule has 1 aliphatic carbocycles. The van der Waals surface area contributed by atoms with Gasteiger partial charge in [0.15, 0.2) is 0 Å². The van der Waals surface area contributed by atoms with Crippen molar-refractivity contribution in [2.75, 3.05) is 0 Å². The van der Waals surface area contributed by atoms with Gasteiger partial charge in [0.2, 0.25) is 0 Å². The largest absolute Gasteiger partial charge is 0.271 e. The van der Waals surface area contributed by atoms with Gasteiger partial charge in [-0.15, -0.1) is 0 Å². The summed E-state index contributed by atoms with van der Waals surface area (Å²) in [6.07, 6.45) is 12.3. The molecule has 0 bridgehead atoms. The Kier molecular flexibility index (Phi) is 6.28. The van der Waals surface area contributed by atoms with E-state index in [4.69, 9.17) is 5.84 Å². The monoisotopic (exact) mass is 325 g/mol. The topological polar surface area (TPSA) is 50.9 Å². The number of halogens is 1. The number of nitrogens with zero attached hydrogens (tertiary/aromatic N) is 1. The number of hydrogen-bond donors (Lipinski definition) is 2. The fraction of sp³-hybridized carbons (Fsp3) is 0.667. The van der Waals surface area contributed by atoms with Crippen LogP contribution < -0.4 is 11.3 Å². The quantitative estimate of drug-likeness (QED) is 0.620. The molecule has 1 atom stereocenters. The highest BCUT2D eigenvalue weighted by atomic mass is 79.9. The molecule has 1 aromatic heterocycles. The molecule has 0 aliphatic heterocycles. The number of pyridine rings is 1. The molecule has 0 radical (unpaired) electrons. The summed E-state index contributed by atoms with van der Waals surface area (Å²) < 4.78 is 1.02. The normalized spacial score (nSPS) is 18.4. The van der Waals surface area contributed by atoms with Gasteiger partial charge in [0.25, 0.3) is 0 Å². The van der Waals surface area contributed by atoms with Gasteiger partial charge >= 0.3 is 0 Å². The van der Waals surface area contributed by atoms with Gasteiger partial charge in [-0.25, -0.2) is 0 Å². The van der Waals surface area contributed by atoms with Crippen LogP contribution in [0.1, 0.15) is 50.6 Å². The highest BCUT2D eigenvalue weighted by Gasteiger charge is 2.16. The van der Waals surface area contributed by atoms with E-state index in [-0.39, 0.29) is 0 Å². The number of nitrogens with two attached hydrogens (primary N) is 1. The van der Waals surface area contributed by atoms with Crippen LogP contribution in [0.4, 0.5) is 0 Å². The molecule has 0 saturated heterocycles. The predicted octanol–water partition coefficient (Wildman–Crippen LogP) is 3.58. The fourth-order valence-corrected chi connectivity index (χ4v) is 3.17. The minimum Gasteiger partial charge on any atom is -0.271 e. The van der Waals surface area contributed by atoms with Gasteiger partial charge in [-0.1, -0.05) is 32.1 Å². The summed E-state index contributed by atoms with van der Waals surface area (Å²) in [5.41, 5.74) is 4.06. The standard InChI is InChI=1S/C15H24BrN3/c16-13-7-9-14(18-11-13)10-15(19-17)8-6-12-4-2-1-3-5-12/h7,9,11-12,15,19H,1-6,8,10,17H2. The van der Waals surface area contributed by atoms with Crippen LogP contribution in [0, 0.1) is 5.92 Å². The van der Waals surface area contributed by atoms with Crippen LogP contribution in [-0.2, 0) is 6.42 Å². The highest BCUT2D eigenvalue weighted by molar-refractivity contribution is 9.10. The first-order valence-corrected chi connectivity index (χ1v) is 8.14. The summed E-state index contributed by atoms with van der Waals surface area (Å²) >= 11 is 3.41. The highest BCUT2D eigenvalue weighted by Crippen LogP contribution is 2.28. The Morgan fingerprint density at radius 3 is 2.74 bits per heavy atom. The summed E-state index contributed by atoms with van der Waals surface area (Å²) in [5, 5.41) is 0. The van der Waals surface area contributed by atoms with Crippen molar-refractivity contribution in [2.24, 2.45) is 11.8 Å². The molecule has 2 rings (SSSR count). The Morgan fingerprint density at radius 1 is 1.32 bits per heavy atom. The lowest BCUT2D eigenvalue weighted by Crippen LogP contribution is -2.37. The van der Waals surface area contributed by atoms with Crippen molar-refractivity contribution in [3.63, 3.8) is 0 Å².